The van der Waals surface area contributed by atoms with Crippen LogP contribution in [0.1, 0.15) is 49.4 Å². The van der Waals surface area contributed by atoms with Crippen LogP contribution in [0.15, 0.2) is 36.8 Å². The minimum absolute atomic E-state index is 0.0475. The molecule has 1 amide bonds. The van der Waals surface area contributed by atoms with Gasteiger partial charge in [-0.3, -0.25) is 14.5 Å². The van der Waals surface area contributed by atoms with Crippen LogP contribution >= 0.6 is 0 Å². The van der Waals surface area contributed by atoms with Crippen molar-refractivity contribution in [2.45, 2.75) is 44.2 Å². The summed E-state index contributed by atoms with van der Waals surface area (Å²) in [6, 6.07) is 6.36. The molecule has 2 aliphatic rings. The van der Waals surface area contributed by atoms with E-state index in [-0.39, 0.29) is 12.0 Å². The standard InChI is InChI=1S/C18H22N4O/c1-12(17-5-3-4-8-19-17)22(14-6-7-14)18(23)16-9-15(16)13-10-20-21(2)11-13/h3-5,8,10-12,14-16H,6-7,9H2,1-2H3/t12-,15-,16-/m1/s1. The summed E-state index contributed by atoms with van der Waals surface area (Å²) in [4.78, 5) is 19.6. The summed E-state index contributed by atoms with van der Waals surface area (Å²) < 4.78 is 1.81. The number of carbonyl (C=O) groups is 1. The Balaban J connectivity index is 1.51. The SMILES string of the molecule is C[C@H](c1ccccn1)N(C(=O)[C@@H]1C[C@@H]1c1cnn(C)c1)C1CC1. The van der Waals surface area contributed by atoms with Gasteiger partial charge in [0.25, 0.3) is 0 Å². The van der Waals surface area contributed by atoms with Crippen LogP contribution in [-0.4, -0.2) is 31.6 Å². The Morgan fingerprint density at radius 2 is 2.22 bits per heavy atom. The Labute approximate surface area is 136 Å². The summed E-state index contributed by atoms with van der Waals surface area (Å²) in [5.41, 5.74) is 2.17. The van der Waals surface area contributed by atoms with Gasteiger partial charge in [0.1, 0.15) is 0 Å². The number of carbonyl (C=O) groups excluding carboxylic acids is 1. The van der Waals surface area contributed by atoms with Crippen LogP contribution in [0.3, 0.4) is 0 Å². The Morgan fingerprint density at radius 1 is 1.39 bits per heavy atom. The van der Waals surface area contributed by atoms with Gasteiger partial charge in [-0.15, -0.1) is 0 Å². The maximum absolute atomic E-state index is 13.1. The molecule has 4 rings (SSSR count). The van der Waals surface area contributed by atoms with E-state index in [1.807, 2.05) is 42.3 Å². The second-order valence-electron chi connectivity index (χ2n) is 6.80. The molecule has 2 aliphatic carbocycles. The van der Waals surface area contributed by atoms with Crippen LogP contribution in [0.2, 0.25) is 0 Å². The lowest BCUT2D eigenvalue weighted by molar-refractivity contribution is -0.135. The van der Waals surface area contributed by atoms with E-state index in [4.69, 9.17) is 0 Å². The van der Waals surface area contributed by atoms with Crippen LogP contribution in [0.5, 0.6) is 0 Å². The smallest absolute Gasteiger partial charge is 0.227 e. The van der Waals surface area contributed by atoms with E-state index in [1.165, 1.54) is 5.56 Å². The zero-order chi connectivity index (χ0) is 16.0. The molecule has 0 radical (unpaired) electrons. The normalized spacial score (nSPS) is 24.3. The van der Waals surface area contributed by atoms with Gasteiger partial charge in [-0.2, -0.15) is 5.10 Å². The fourth-order valence-electron chi connectivity index (χ4n) is 3.46. The van der Waals surface area contributed by atoms with Gasteiger partial charge >= 0.3 is 0 Å². The van der Waals surface area contributed by atoms with Crippen molar-refractivity contribution >= 4 is 5.91 Å². The highest BCUT2D eigenvalue weighted by atomic mass is 16.2. The highest BCUT2D eigenvalue weighted by Crippen LogP contribution is 2.50. The van der Waals surface area contributed by atoms with Crippen molar-refractivity contribution in [3.63, 3.8) is 0 Å². The lowest BCUT2D eigenvalue weighted by Gasteiger charge is -2.29. The maximum Gasteiger partial charge on any atom is 0.227 e. The highest BCUT2D eigenvalue weighted by molar-refractivity contribution is 5.84. The molecule has 0 bridgehead atoms. The number of amides is 1. The fraction of sp³-hybridized carbons (Fsp3) is 0.500. The van der Waals surface area contributed by atoms with E-state index in [0.717, 1.165) is 25.0 Å². The van der Waals surface area contributed by atoms with Crippen LogP contribution in [-0.2, 0) is 11.8 Å². The fourth-order valence-corrected chi connectivity index (χ4v) is 3.46. The number of hydrogen-bond acceptors (Lipinski definition) is 3. The second-order valence-corrected chi connectivity index (χ2v) is 6.80. The first-order valence-corrected chi connectivity index (χ1v) is 8.37. The first-order chi connectivity index (χ1) is 11.1. The Bertz CT molecular complexity index is 707. The molecule has 120 valence electrons. The molecule has 2 saturated carbocycles. The van der Waals surface area contributed by atoms with Crippen LogP contribution in [0.4, 0.5) is 0 Å². The van der Waals surface area contributed by atoms with Crippen molar-refractivity contribution in [1.82, 2.24) is 19.7 Å². The second kappa shape index (κ2) is 5.48. The average Bonchev–Trinajstić information content (AvgIpc) is 3.48. The molecule has 5 heteroatoms. The minimum Gasteiger partial charge on any atom is -0.331 e. The number of nitrogens with zero attached hydrogens (tertiary/aromatic N) is 4. The predicted molar refractivity (Wildman–Crippen MR) is 86.6 cm³/mol. The third kappa shape index (κ3) is 2.76. The van der Waals surface area contributed by atoms with Gasteiger partial charge in [0.2, 0.25) is 5.91 Å². The number of hydrogen-bond donors (Lipinski definition) is 0. The molecule has 0 N–H and O–H groups in total. The van der Waals surface area contributed by atoms with E-state index < -0.39 is 0 Å². The van der Waals surface area contributed by atoms with Gasteiger partial charge < -0.3 is 4.90 Å². The molecular formula is C18H22N4O. The third-order valence-electron chi connectivity index (χ3n) is 4.99. The van der Waals surface area contributed by atoms with Crippen molar-refractivity contribution in [1.29, 1.82) is 0 Å². The molecule has 2 aromatic heterocycles. The minimum atomic E-state index is 0.0475. The van der Waals surface area contributed by atoms with Crippen molar-refractivity contribution < 1.29 is 4.79 Å². The van der Waals surface area contributed by atoms with Crippen molar-refractivity contribution in [3.8, 4) is 0 Å². The molecular weight excluding hydrogens is 288 g/mol. The molecule has 2 aromatic rings. The van der Waals surface area contributed by atoms with E-state index in [0.29, 0.717) is 17.9 Å². The molecule has 2 fully saturated rings. The quantitative estimate of drug-likeness (QED) is 0.853. The largest absolute Gasteiger partial charge is 0.331 e. The molecule has 23 heavy (non-hydrogen) atoms. The van der Waals surface area contributed by atoms with E-state index >= 15 is 0 Å². The van der Waals surface area contributed by atoms with E-state index in [2.05, 4.69) is 21.9 Å². The maximum atomic E-state index is 13.1. The van der Waals surface area contributed by atoms with Crippen LogP contribution < -0.4 is 0 Å². The Kier molecular flexibility index (Phi) is 3.43. The molecule has 0 saturated heterocycles. The first-order valence-electron chi connectivity index (χ1n) is 8.37. The van der Waals surface area contributed by atoms with Gasteiger partial charge in [-0.05, 0) is 49.8 Å². The van der Waals surface area contributed by atoms with Gasteiger partial charge in [0, 0.05) is 31.4 Å². The number of aromatic nitrogens is 3. The van der Waals surface area contributed by atoms with Gasteiger partial charge in [-0.25, -0.2) is 0 Å². The molecule has 0 aromatic carbocycles. The lowest BCUT2D eigenvalue weighted by Crippen LogP contribution is -2.37. The van der Waals surface area contributed by atoms with Crippen molar-refractivity contribution in [2.24, 2.45) is 13.0 Å². The summed E-state index contributed by atoms with van der Waals surface area (Å²) in [5.74, 6) is 0.749. The molecule has 2 heterocycles. The number of rotatable bonds is 5. The van der Waals surface area contributed by atoms with Gasteiger partial charge in [-0.1, -0.05) is 6.07 Å². The summed E-state index contributed by atoms with van der Waals surface area (Å²) in [6.07, 6.45) is 8.91. The zero-order valence-corrected chi connectivity index (χ0v) is 13.6. The monoisotopic (exact) mass is 310 g/mol. The molecule has 5 nitrogen and oxygen atoms in total. The van der Waals surface area contributed by atoms with Gasteiger partial charge in [0.05, 0.1) is 17.9 Å². The summed E-state index contributed by atoms with van der Waals surface area (Å²) in [6.45, 7) is 2.10. The first kappa shape index (κ1) is 14.4. The number of aryl methyl sites for hydroxylation is 1. The molecule has 0 unspecified atom stereocenters. The zero-order valence-electron chi connectivity index (χ0n) is 13.6. The molecule has 0 aliphatic heterocycles. The average molecular weight is 310 g/mol. The van der Waals surface area contributed by atoms with Crippen LogP contribution in [0.25, 0.3) is 0 Å². The van der Waals surface area contributed by atoms with Crippen molar-refractivity contribution in [2.75, 3.05) is 0 Å². The summed E-state index contributed by atoms with van der Waals surface area (Å²) in [7, 11) is 1.92. The molecule has 3 atom stereocenters. The molecule has 0 spiro atoms. The third-order valence-corrected chi connectivity index (χ3v) is 4.99. The topological polar surface area (TPSA) is 51.0 Å². The van der Waals surface area contributed by atoms with Crippen LogP contribution in [0, 0.1) is 5.92 Å². The predicted octanol–water partition coefficient (Wildman–Crippen LogP) is 2.67. The Morgan fingerprint density at radius 3 is 2.83 bits per heavy atom. The van der Waals surface area contributed by atoms with Gasteiger partial charge in [0.15, 0.2) is 0 Å². The highest BCUT2D eigenvalue weighted by Gasteiger charge is 2.50. The number of pyridine rings is 1. The van der Waals surface area contributed by atoms with E-state index in [9.17, 15) is 4.79 Å². The summed E-state index contributed by atoms with van der Waals surface area (Å²) >= 11 is 0. The lowest BCUT2D eigenvalue weighted by atomic mass is 10.1. The Hall–Kier alpha value is -2.17. The van der Waals surface area contributed by atoms with E-state index in [1.54, 1.807) is 6.20 Å². The van der Waals surface area contributed by atoms with Crippen molar-refractivity contribution in [3.05, 3.63) is 48.0 Å². The summed E-state index contributed by atoms with van der Waals surface area (Å²) in [5, 5.41) is 4.23.